The molecule has 1 heterocycles. The Hall–Kier alpha value is -1.81. The van der Waals surface area contributed by atoms with Gasteiger partial charge < -0.3 is 14.7 Å². The number of carbonyl (C=O) groups excluding carboxylic acids is 1. The highest BCUT2D eigenvalue weighted by molar-refractivity contribution is 5.69. The minimum Gasteiger partial charge on any atom is -0.445 e. The molecule has 0 aliphatic carbocycles. The number of hydrogen-bond acceptors (Lipinski definition) is 3. The second kappa shape index (κ2) is 5.89. The number of carbonyl (C=O) groups is 1. The van der Waals surface area contributed by atoms with Crippen molar-refractivity contribution in [3.8, 4) is 0 Å². The highest BCUT2D eigenvalue weighted by Crippen LogP contribution is 2.26. The number of ether oxygens (including phenoxy) is 1. The Kier molecular flexibility index (Phi) is 4.22. The van der Waals surface area contributed by atoms with E-state index in [4.69, 9.17) is 4.74 Å². The monoisotopic (exact) mass is 261 g/mol. The van der Waals surface area contributed by atoms with E-state index in [9.17, 15) is 9.90 Å². The average molecular weight is 261 g/mol. The van der Waals surface area contributed by atoms with Crippen molar-refractivity contribution in [1.82, 2.24) is 4.90 Å². The lowest BCUT2D eigenvalue weighted by atomic mass is 9.88. The zero-order valence-electron chi connectivity index (χ0n) is 10.9. The van der Waals surface area contributed by atoms with E-state index in [1.807, 2.05) is 30.3 Å². The van der Waals surface area contributed by atoms with Crippen LogP contribution in [0.4, 0.5) is 4.79 Å². The normalized spacial score (nSPS) is 16.6. The highest BCUT2D eigenvalue weighted by Gasteiger charge is 2.43. The molecule has 1 amide bonds. The first-order valence-electron chi connectivity index (χ1n) is 6.42. The van der Waals surface area contributed by atoms with Gasteiger partial charge in [-0.15, -0.1) is 0 Å². The van der Waals surface area contributed by atoms with E-state index in [1.54, 1.807) is 0 Å². The van der Waals surface area contributed by atoms with Gasteiger partial charge in [0, 0.05) is 0 Å². The molecule has 1 N–H and O–H groups in total. The molecule has 1 saturated heterocycles. The fourth-order valence-electron chi connectivity index (χ4n) is 2.19. The number of amides is 1. The summed E-state index contributed by atoms with van der Waals surface area (Å²) in [5.74, 6) is 0. The van der Waals surface area contributed by atoms with Gasteiger partial charge >= 0.3 is 6.09 Å². The lowest BCUT2D eigenvalue weighted by molar-refractivity contribution is -0.0920. The molecule has 0 bridgehead atoms. The van der Waals surface area contributed by atoms with Crippen molar-refractivity contribution in [1.29, 1.82) is 0 Å². The zero-order chi connectivity index (χ0) is 13.7. The maximum absolute atomic E-state index is 11.5. The predicted octanol–water partition coefficient (Wildman–Crippen LogP) is 1.99. The number of rotatable bonds is 5. The molecule has 4 nitrogen and oxygen atoms in total. The standard InChI is InChI=1S/C15H19NO3/c1-2-10-19-14(17)16-11-15(18,12-16)9-8-13-6-4-3-5-7-13/h2-7,18H,1,8-12H2. The van der Waals surface area contributed by atoms with E-state index in [-0.39, 0.29) is 12.7 Å². The van der Waals surface area contributed by atoms with Crippen LogP contribution in [0.5, 0.6) is 0 Å². The van der Waals surface area contributed by atoms with E-state index >= 15 is 0 Å². The molecule has 0 saturated carbocycles. The molecule has 1 aromatic carbocycles. The van der Waals surface area contributed by atoms with Gasteiger partial charge in [-0.25, -0.2) is 4.79 Å². The van der Waals surface area contributed by atoms with Crippen molar-refractivity contribution >= 4 is 6.09 Å². The minimum absolute atomic E-state index is 0.206. The van der Waals surface area contributed by atoms with Crippen LogP contribution in [0.2, 0.25) is 0 Å². The van der Waals surface area contributed by atoms with Crippen LogP contribution in [-0.2, 0) is 11.2 Å². The first kappa shape index (κ1) is 13.6. The fraction of sp³-hybridized carbons (Fsp3) is 0.400. The summed E-state index contributed by atoms with van der Waals surface area (Å²) >= 11 is 0. The van der Waals surface area contributed by atoms with Crippen molar-refractivity contribution in [2.45, 2.75) is 18.4 Å². The molecule has 0 aromatic heterocycles. The molecular formula is C15H19NO3. The fourth-order valence-corrected chi connectivity index (χ4v) is 2.19. The van der Waals surface area contributed by atoms with Crippen LogP contribution in [0.25, 0.3) is 0 Å². The van der Waals surface area contributed by atoms with Crippen LogP contribution < -0.4 is 0 Å². The number of benzene rings is 1. The summed E-state index contributed by atoms with van der Waals surface area (Å²) < 4.78 is 4.91. The highest BCUT2D eigenvalue weighted by atomic mass is 16.6. The quantitative estimate of drug-likeness (QED) is 0.825. The van der Waals surface area contributed by atoms with Crippen molar-refractivity contribution in [2.75, 3.05) is 19.7 Å². The molecule has 1 aliphatic rings. The number of likely N-dealkylation sites (tertiary alicyclic amines) is 1. The topological polar surface area (TPSA) is 49.8 Å². The van der Waals surface area contributed by atoms with Gasteiger partial charge in [0.2, 0.25) is 0 Å². The molecule has 1 fully saturated rings. The van der Waals surface area contributed by atoms with Gasteiger partial charge in [-0.2, -0.15) is 0 Å². The van der Waals surface area contributed by atoms with Gasteiger partial charge in [0.1, 0.15) is 12.2 Å². The maximum atomic E-state index is 11.5. The Morgan fingerprint density at radius 3 is 2.74 bits per heavy atom. The molecule has 19 heavy (non-hydrogen) atoms. The van der Waals surface area contributed by atoms with E-state index in [2.05, 4.69) is 6.58 Å². The lowest BCUT2D eigenvalue weighted by Crippen LogP contribution is -2.63. The van der Waals surface area contributed by atoms with Crippen molar-refractivity contribution in [3.05, 3.63) is 48.6 Å². The predicted molar refractivity (Wildman–Crippen MR) is 72.8 cm³/mol. The molecule has 4 heteroatoms. The van der Waals surface area contributed by atoms with Crippen LogP contribution in [0.1, 0.15) is 12.0 Å². The first-order valence-corrected chi connectivity index (χ1v) is 6.42. The summed E-state index contributed by atoms with van der Waals surface area (Å²) in [6.45, 7) is 4.37. The third kappa shape index (κ3) is 3.58. The molecule has 102 valence electrons. The summed E-state index contributed by atoms with van der Waals surface area (Å²) in [4.78, 5) is 13.0. The smallest absolute Gasteiger partial charge is 0.410 e. The van der Waals surface area contributed by atoms with Crippen LogP contribution in [0, 0.1) is 0 Å². The molecule has 2 rings (SSSR count). The van der Waals surface area contributed by atoms with Crippen LogP contribution >= 0.6 is 0 Å². The summed E-state index contributed by atoms with van der Waals surface area (Å²) in [7, 11) is 0. The molecule has 0 atom stereocenters. The maximum Gasteiger partial charge on any atom is 0.410 e. The van der Waals surface area contributed by atoms with Gasteiger partial charge in [0.25, 0.3) is 0 Å². The molecular weight excluding hydrogens is 242 g/mol. The van der Waals surface area contributed by atoms with Gasteiger partial charge in [-0.05, 0) is 18.4 Å². The Labute approximate surface area is 113 Å². The Morgan fingerprint density at radius 1 is 1.42 bits per heavy atom. The molecule has 1 aliphatic heterocycles. The average Bonchev–Trinajstić information content (AvgIpc) is 2.40. The van der Waals surface area contributed by atoms with Crippen LogP contribution in [0.3, 0.4) is 0 Å². The molecule has 0 radical (unpaired) electrons. The van der Waals surface area contributed by atoms with Gasteiger partial charge in [-0.3, -0.25) is 0 Å². The van der Waals surface area contributed by atoms with E-state index < -0.39 is 5.60 Å². The summed E-state index contributed by atoms with van der Waals surface area (Å²) in [5, 5.41) is 10.2. The lowest BCUT2D eigenvalue weighted by Gasteiger charge is -2.45. The number of β-amino-alcohol motifs (C(OH)–C–C–N with tert-alkyl or cyclic N) is 1. The summed E-state index contributed by atoms with van der Waals surface area (Å²) in [6.07, 6.45) is 2.61. The first-order chi connectivity index (χ1) is 9.13. The van der Waals surface area contributed by atoms with Crippen molar-refractivity contribution < 1.29 is 14.6 Å². The minimum atomic E-state index is -0.775. The largest absolute Gasteiger partial charge is 0.445 e. The molecule has 0 spiro atoms. The van der Waals surface area contributed by atoms with E-state index in [1.165, 1.54) is 16.5 Å². The Balaban J connectivity index is 1.75. The zero-order valence-corrected chi connectivity index (χ0v) is 10.9. The van der Waals surface area contributed by atoms with Crippen LogP contribution in [0.15, 0.2) is 43.0 Å². The van der Waals surface area contributed by atoms with E-state index in [0.29, 0.717) is 19.5 Å². The second-order valence-electron chi connectivity index (χ2n) is 4.93. The third-order valence-corrected chi connectivity index (χ3v) is 3.28. The van der Waals surface area contributed by atoms with Crippen molar-refractivity contribution in [2.24, 2.45) is 0 Å². The van der Waals surface area contributed by atoms with Gasteiger partial charge in [0.15, 0.2) is 0 Å². The van der Waals surface area contributed by atoms with Crippen molar-refractivity contribution in [3.63, 3.8) is 0 Å². The number of aryl methyl sites for hydroxylation is 1. The number of aliphatic hydroxyl groups is 1. The summed E-state index contributed by atoms with van der Waals surface area (Å²) in [6, 6.07) is 10.0. The Morgan fingerprint density at radius 2 is 2.11 bits per heavy atom. The third-order valence-electron chi connectivity index (χ3n) is 3.28. The van der Waals surface area contributed by atoms with Crippen LogP contribution in [-0.4, -0.2) is 41.4 Å². The van der Waals surface area contributed by atoms with E-state index in [0.717, 1.165) is 6.42 Å². The van der Waals surface area contributed by atoms with Gasteiger partial charge in [0.05, 0.1) is 13.1 Å². The molecule has 1 aromatic rings. The number of nitrogens with zero attached hydrogens (tertiary/aromatic N) is 1. The second-order valence-corrected chi connectivity index (χ2v) is 4.93. The Bertz CT molecular complexity index is 438. The summed E-state index contributed by atoms with van der Waals surface area (Å²) in [5.41, 5.74) is 0.423. The van der Waals surface area contributed by atoms with Gasteiger partial charge in [-0.1, -0.05) is 43.0 Å². The SMILES string of the molecule is C=CCOC(=O)N1CC(O)(CCc2ccccc2)C1. The molecule has 0 unspecified atom stereocenters. The number of hydrogen-bond donors (Lipinski definition) is 1.